The zero-order valence-electron chi connectivity index (χ0n) is 13.9. The molecular formula is C21H15F2NOS. The topological polar surface area (TPSA) is 32.3 Å². The third kappa shape index (κ3) is 2.52. The molecule has 0 radical (unpaired) electrons. The number of fused-ring (bicyclic) bond motifs is 1. The summed E-state index contributed by atoms with van der Waals surface area (Å²) in [7, 11) is 1.69. The summed E-state index contributed by atoms with van der Waals surface area (Å²) >= 11 is 1.31. The Bertz CT molecular complexity index is 1120. The van der Waals surface area contributed by atoms with Gasteiger partial charge >= 0.3 is 0 Å². The Hall–Kier alpha value is -2.92. The van der Waals surface area contributed by atoms with E-state index >= 15 is 0 Å². The summed E-state index contributed by atoms with van der Waals surface area (Å²) in [5, 5.41) is 16.5. The SMILES string of the molecule is CNc1sc(-c2cccc3ccccc23)c(O)c1-c1cccc(F)c1F. The van der Waals surface area contributed by atoms with Gasteiger partial charge in [-0.2, -0.15) is 0 Å². The van der Waals surface area contributed by atoms with Crippen molar-refractivity contribution in [2.24, 2.45) is 0 Å². The molecule has 0 unspecified atom stereocenters. The van der Waals surface area contributed by atoms with Crippen LogP contribution in [-0.2, 0) is 0 Å². The minimum Gasteiger partial charge on any atom is -0.506 e. The molecule has 2 N–H and O–H groups in total. The van der Waals surface area contributed by atoms with Gasteiger partial charge in [0.15, 0.2) is 11.6 Å². The van der Waals surface area contributed by atoms with E-state index in [1.54, 1.807) is 7.05 Å². The summed E-state index contributed by atoms with van der Waals surface area (Å²) in [6.45, 7) is 0. The number of benzene rings is 3. The maximum absolute atomic E-state index is 14.3. The lowest BCUT2D eigenvalue weighted by Crippen LogP contribution is -1.92. The van der Waals surface area contributed by atoms with Crippen LogP contribution in [0.25, 0.3) is 32.3 Å². The van der Waals surface area contributed by atoms with Gasteiger partial charge in [-0.3, -0.25) is 0 Å². The second kappa shape index (κ2) is 6.42. The average Bonchev–Trinajstić information content (AvgIpc) is 3.00. The molecule has 1 aromatic heterocycles. The maximum Gasteiger partial charge on any atom is 0.166 e. The monoisotopic (exact) mass is 367 g/mol. The van der Waals surface area contributed by atoms with Crippen molar-refractivity contribution in [2.45, 2.75) is 0 Å². The summed E-state index contributed by atoms with van der Waals surface area (Å²) < 4.78 is 28.0. The zero-order chi connectivity index (χ0) is 18.3. The molecule has 2 nitrogen and oxygen atoms in total. The van der Waals surface area contributed by atoms with E-state index in [0.717, 1.165) is 22.4 Å². The van der Waals surface area contributed by atoms with E-state index < -0.39 is 11.6 Å². The van der Waals surface area contributed by atoms with Crippen molar-refractivity contribution in [1.82, 2.24) is 0 Å². The molecule has 0 spiro atoms. The largest absolute Gasteiger partial charge is 0.506 e. The lowest BCUT2D eigenvalue weighted by atomic mass is 10.0. The van der Waals surface area contributed by atoms with Crippen LogP contribution in [0.4, 0.5) is 13.8 Å². The fourth-order valence-electron chi connectivity index (χ4n) is 3.15. The van der Waals surface area contributed by atoms with Crippen LogP contribution in [0.3, 0.4) is 0 Å². The first-order valence-electron chi connectivity index (χ1n) is 8.08. The molecular weight excluding hydrogens is 352 g/mol. The summed E-state index contributed by atoms with van der Waals surface area (Å²) in [5.74, 6) is -1.97. The molecule has 130 valence electrons. The fourth-order valence-corrected chi connectivity index (χ4v) is 4.25. The molecule has 5 heteroatoms. The van der Waals surface area contributed by atoms with Crippen LogP contribution in [0.5, 0.6) is 5.75 Å². The van der Waals surface area contributed by atoms with Gasteiger partial charge in [-0.1, -0.05) is 54.6 Å². The second-order valence-corrected chi connectivity index (χ2v) is 6.88. The van der Waals surface area contributed by atoms with Gasteiger partial charge < -0.3 is 10.4 Å². The Kier molecular flexibility index (Phi) is 4.09. The van der Waals surface area contributed by atoms with Crippen LogP contribution in [0, 0.1) is 11.6 Å². The highest BCUT2D eigenvalue weighted by Gasteiger charge is 2.24. The maximum atomic E-state index is 14.3. The molecule has 4 rings (SSSR count). The highest BCUT2D eigenvalue weighted by atomic mass is 32.1. The van der Waals surface area contributed by atoms with Crippen LogP contribution in [0.2, 0.25) is 0 Å². The van der Waals surface area contributed by atoms with Gasteiger partial charge in [-0.15, -0.1) is 11.3 Å². The molecule has 0 saturated carbocycles. The summed E-state index contributed by atoms with van der Waals surface area (Å²) in [6, 6.07) is 17.6. The zero-order valence-corrected chi connectivity index (χ0v) is 14.7. The smallest absolute Gasteiger partial charge is 0.166 e. The highest BCUT2D eigenvalue weighted by molar-refractivity contribution is 7.20. The lowest BCUT2D eigenvalue weighted by Gasteiger charge is -2.07. The second-order valence-electron chi connectivity index (χ2n) is 5.86. The van der Waals surface area contributed by atoms with E-state index in [9.17, 15) is 13.9 Å². The lowest BCUT2D eigenvalue weighted by molar-refractivity contribution is 0.479. The number of hydrogen-bond donors (Lipinski definition) is 2. The third-order valence-corrected chi connectivity index (χ3v) is 5.60. The molecule has 0 fully saturated rings. The van der Waals surface area contributed by atoms with Gasteiger partial charge in [-0.25, -0.2) is 8.78 Å². The Balaban J connectivity index is 2.00. The van der Waals surface area contributed by atoms with Crippen molar-refractivity contribution in [2.75, 3.05) is 12.4 Å². The Morgan fingerprint density at radius 1 is 0.885 bits per heavy atom. The fraction of sp³-hybridized carbons (Fsp3) is 0.0476. The molecule has 0 saturated heterocycles. The van der Waals surface area contributed by atoms with Crippen LogP contribution in [-0.4, -0.2) is 12.2 Å². The Morgan fingerprint density at radius 3 is 2.38 bits per heavy atom. The molecule has 0 bridgehead atoms. The molecule has 0 aliphatic carbocycles. The molecule has 0 amide bonds. The molecule has 26 heavy (non-hydrogen) atoms. The minimum absolute atomic E-state index is 0.0367. The van der Waals surface area contributed by atoms with E-state index in [1.165, 1.54) is 23.5 Å². The van der Waals surface area contributed by atoms with Gasteiger partial charge in [0, 0.05) is 18.2 Å². The van der Waals surface area contributed by atoms with Crippen LogP contribution >= 0.6 is 11.3 Å². The quantitative estimate of drug-likeness (QED) is 0.448. The van der Waals surface area contributed by atoms with Crippen molar-refractivity contribution in [1.29, 1.82) is 0 Å². The van der Waals surface area contributed by atoms with Crippen molar-refractivity contribution in [3.63, 3.8) is 0 Å². The first kappa shape index (κ1) is 16.5. The van der Waals surface area contributed by atoms with Crippen molar-refractivity contribution in [3.8, 4) is 27.3 Å². The van der Waals surface area contributed by atoms with Gasteiger partial charge in [0.1, 0.15) is 10.8 Å². The van der Waals surface area contributed by atoms with Crippen LogP contribution < -0.4 is 5.32 Å². The van der Waals surface area contributed by atoms with Crippen molar-refractivity contribution >= 4 is 27.1 Å². The number of hydrogen-bond acceptors (Lipinski definition) is 3. The van der Waals surface area contributed by atoms with E-state index in [-0.39, 0.29) is 16.9 Å². The van der Waals surface area contributed by atoms with Gasteiger partial charge in [0.25, 0.3) is 0 Å². The molecule has 0 aliphatic heterocycles. The van der Waals surface area contributed by atoms with Gasteiger partial charge in [0.05, 0.1) is 10.4 Å². The molecule has 0 atom stereocenters. The first-order chi connectivity index (χ1) is 12.6. The van der Waals surface area contributed by atoms with Crippen LogP contribution in [0.1, 0.15) is 0 Å². The molecule has 3 aromatic carbocycles. The number of halogens is 2. The van der Waals surface area contributed by atoms with Crippen molar-refractivity contribution < 1.29 is 13.9 Å². The number of thiophene rings is 1. The molecule has 0 aliphatic rings. The summed E-state index contributed by atoms with van der Waals surface area (Å²) in [6.07, 6.45) is 0. The average molecular weight is 367 g/mol. The van der Waals surface area contributed by atoms with Crippen LogP contribution in [0.15, 0.2) is 60.7 Å². The Labute approximate surface area is 153 Å². The normalized spacial score (nSPS) is 11.0. The standard InChI is InChI=1S/C21H15F2NOS/c1-24-21-17(15-10-5-11-16(22)18(15)23)19(25)20(26-21)14-9-4-7-12-6-2-3-8-13(12)14/h2-11,24-25H,1H3. The highest BCUT2D eigenvalue weighted by Crippen LogP contribution is 2.51. The van der Waals surface area contributed by atoms with E-state index in [0.29, 0.717) is 9.88 Å². The molecule has 1 heterocycles. The first-order valence-corrected chi connectivity index (χ1v) is 8.89. The van der Waals surface area contributed by atoms with E-state index in [1.807, 2.05) is 42.5 Å². The van der Waals surface area contributed by atoms with E-state index in [4.69, 9.17) is 0 Å². The number of nitrogens with one attached hydrogen (secondary N) is 1. The van der Waals surface area contributed by atoms with E-state index in [2.05, 4.69) is 5.32 Å². The van der Waals surface area contributed by atoms with Crippen molar-refractivity contribution in [3.05, 3.63) is 72.3 Å². The summed E-state index contributed by atoms with van der Waals surface area (Å²) in [4.78, 5) is 0.616. The number of rotatable bonds is 3. The predicted octanol–water partition coefficient (Wildman–Crippen LogP) is 6.26. The number of anilines is 1. The number of aromatic hydroxyl groups is 1. The Morgan fingerprint density at radius 2 is 1.58 bits per heavy atom. The van der Waals surface area contributed by atoms with Gasteiger partial charge in [-0.05, 0) is 16.8 Å². The third-order valence-electron chi connectivity index (χ3n) is 4.37. The summed E-state index contributed by atoms with van der Waals surface area (Å²) in [5.41, 5.74) is 1.16. The molecule has 4 aromatic rings. The predicted molar refractivity (Wildman–Crippen MR) is 104 cm³/mol. The minimum atomic E-state index is -0.971. The van der Waals surface area contributed by atoms with Gasteiger partial charge in [0.2, 0.25) is 0 Å².